The molecule has 0 unspecified atom stereocenters. The monoisotopic (exact) mass is 273 g/mol. The van der Waals surface area contributed by atoms with Gasteiger partial charge in [0, 0.05) is 19.4 Å². The first-order valence-electron chi connectivity index (χ1n) is 5.62. The van der Waals surface area contributed by atoms with Crippen LogP contribution in [0.3, 0.4) is 0 Å². The molecule has 0 aliphatic carbocycles. The minimum atomic E-state index is -0.243. The van der Waals surface area contributed by atoms with E-state index in [1.54, 1.807) is 41.5 Å². The van der Waals surface area contributed by atoms with Crippen molar-refractivity contribution in [3.63, 3.8) is 0 Å². The van der Waals surface area contributed by atoms with E-state index in [-0.39, 0.29) is 5.91 Å². The number of amides is 1. The van der Waals surface area contributed by atoms with Crippen LogP contribution < -0.4 is 5.32 Å². The van der Waals surface area contributed by atoms with Crippen molar-refractivity contribution < 1.29 is 4.79 Å². The lowest BCUT2D eigenvalue weighted by Gasteiger charge is -2.01. The molecule has 0 aliphatic rings. The summed E-state index contributed by atoms with van der Waals surface area (Å²) in [5.41, 5.74) is 1.28. The van der Waals surface area contributed by atoms with Crippen LogP contribution in [0.15, 0.2) is 36.0 Å². The van der Waals surface area contributed by atoms with Gasteiger partial charge < -0.3 is 4.98 Å². The van der Waals surface area contributed by atoms with E-state index in [4.69, 9.17) is 0 Å². The van der Waals surface area contributed by atoms with Crippen molar-refractivity contribution in [3.8, 4) is 10.6 Å². The second-order valence-corrected chi connectivity index (χ2v) is 4.86. The zero-order valence-corrected chi connectivity index (χ0v) is 10.9. The molecule has 3 aromatic rings. The fraction of sp³-hybridized carbons (Fsp3) is 0.0833. The largest absolute Gasteiger partial charge is 0.331 e. The number of anilines is 1. The molecular formula is C12H11N5OS. The summed E-state index contributed by atoms with van der Waals surface area (Å²) in [6, 6.07) is 5.70. The summed E-state index contributed by atoms with van der Waals surface area (Å²) in [7, 11) is 1.74. The van der Waals surface area contributed by atoms with Gasteiger partial charge in [0.05, 0.1) is 4.88 Å². The first kappa shape index (κ1) is 11.7. The third-order valence-electron chi connectivity index (χ3n) is 2.62. The predicted molar refractivity (Wildman–Crippen MR) is 73.1 cm³/mol. The number of H-pyrrole nitrogens is 1. The fourth-order valence-electron chi connectivity index (χ4n) is 1.73. The zero-order chi connectivity index (χ0) is 13.2. The van der Waals surface area contributed by atoms with Crippen LogP contribution >= 0.6 is 11.3 Å². The summed E-state index contributed by atoms with van der Waals surface area (Å²) in [5.74, 6) is 0.177. The standard InChI is InChI=1S/C12H11N5OS/c1-17-9(11(18)15-12-13-4-5-14-12)7-8(16-17)10-3-2-6-19-10/h2-7H,1H3,(H2,13,14,15,18). The number of nitrogens with zero attached hydrogens (tertiary/aromatic N) is 3. The Morgan fingerprint density at radius 1 is 1.53 bits per heavy atom. The number of carbonyl (C=O) groups is 1. The van der Waals surface area contributed by atoms with E-state index in [1.807, 2.05) is 17.5 Å². The SMILES string of the molecule is Cn1nc(-c2cccs2)cc1C(=O)Nc1ncc[nH]1. The van der Waals surface area contributed by atoms with E-state index in [2.05, 4.69) is 20.4 Å². The van der Waals surface area contributed by atoms with Gasteiger partial charge in [0.2, 0.25) is 5.95 Å². The number of hydrogen-bond donors (Lipinski definition) is 2. The van der Waals surface area contributed by atoms with Crippen LogP contribution in [-0.2, 0) is 7.05 Å². The predicted octanol–water partition coefficient (Wildman–Crippen LogP) is 2.12. The second kappa shape index (κ2) is 4.69. The van der Waals surface area contributed by atoms with Gasteiger partial charge in [0.15, 0.2) is 0 Å². The first-order chi connectivity index (χ1) is 9.24. The molecule has 0 fully saturated rings. The number of rotatable bonds is 3. The molecule has 0 radical (unpaired) electrons. The van der Waals surface area contributed by atoms with Gasteiger partial charge in [0.1, 0.15) is 11.4 Å². The fourth-order valence-corrected chi connectivity index (χ4v) is 2.41. The lowest BCUT2D eigenvalue weighted by Crippen LogP contribution is -2.16. The van der Waals surface area contributed by atoms with Gasteiger partial charge in [-0.3, -0.25) is 14.8 Å². The van der Waals surface area contributed by atoms with Gasteiger partial charge in [-0.05, 0) is 17.5 Å². The van der Waals surface area contributed by atoms with Crippen molar-refractivity contribution in [2.45, 2.75) is 0 Å². The smallest absolute Gasteiger partial charge is 0.276 e. The molecular weight excluding hydrogens is 262 g/mol. The van der Waals surface area contributed by atoms with Crippen molar-refractivity contribution >= 4 is 23.2 Å². The van der Waals surface area contributed by atoms with Gasteiger partial charge in [0.25, 0.3) is 5.91 Å². The van der Waals surface area contributed by atoms with E-state index < -0.39 is 0 Å². The lowest BCUT2D eigenvalue weighted by atomic mass is 10.3. The summed E-state index contributed by atoms with van der Waals surface area (Å²) < 4.78 is 1.56. The number of imidazole rings is 1. The van der Waals surface area contributed by atoms with Crippen LogP contribution in [0.1, 0.15) is 10.5 Å². The molecule has 19 heavy (non-hydrogen) atoms. The maximum absolute atomic E-state index is 12.1. The van der Waals surface area contributed by atoms with Crippen LogP contribution in [0, 0.1) is 0 Å². The summed E-state index contributed by atoms with van der Waals surface area (Å²) in [6.45, 7) is 0. The molecule has 6 nitrogen and oxygen atoms in total. The molecule has 7 heteroatoms. The molecule has 3 rings (SSSR count). The molecule has 0 aromatic carbocycles. The van der Waals surface area contributed by atoms with Gasteiger partial charge in [-0.1, -0.05) is 6.07 Å². The second-order valence-electron chi connectivity index (χ2n) is 3.91. The lowest BCUT2D eigenvalue weighted by molar-refractivity contribution is 0.101. The Hall–Kier alpha value is -2.41. The molecule has 0 saturated heterocycles. The number of hydrogen-bond acceptors (Lipinski definition) is 4. The van der Waals surface area contributed by atoms with E-state index >= 15 is 0 Å². The van der Waals surface area contributed by atoms with Crippen molar-refractivity contribution in [1.82, 2.24) is 19.7 Å². The number of aromatic nitrogens is 4. The Morgan fingerprint density at radius 3 is 3.11 bits per heavy atom. The molecule has 0 bridgehead atoms. The van der Waals surface area contributed by atoms with Crippen LogP contribution in [0.25, 0.3) is 10.6 Å². The molecule has 2 N–H and O–H groups in total. The van der Waals surface area contributed by atoms with Crippen LogP contribution in [-0.4, -0.2) is 25.7 Å². The molecule has 0 aliphatic heterocycles. The van der Waals surface area contributed by atoms with E-state index in [1.165, 1.54) is 0 Å². The van der Waals surface area contributed by atoms with Crippen molar-refractivity contribution in [1.29, 1.82) is 0 Å². The average molecular weight is 273 g/mol. The third kappa shape index (κ3) is 2.27. The molecule has 3 heterocycles. The van der Waals surface area contributed by atoms with Gasteiger partial charge in [-0.15, -0.1) is 11.3 Å². The first-order valence-corrected chi connectivity index (χ1v) is 6.50. The Morgan fingerprint density at radius 2 is 2.42 bits per heavy atom. The molecule has 96 valence electrons. The quantitative estimate of drug-likeness (QED) is 0.767. The number of carbonyl (C=O) groups excluding carboxylic acids is 1. The van der Waals surface area contributed by atoms with E-state index in [9.17, 15) is 4.79 Å². The molecule has 0 saturated carbocycles. The normalized spacial score (nSPS) is 10.6. The molecule has 1 amide bonds. The van der Waals surface area contributed by atoms with Crippen LogP contribution in [0.5, 0.6) is 0 Å². The summed E-state index contributed by atoms with van der Waals surface area (Å²) in [6.07, 6.45) is 3.23. The van der Waals surface area contributed by atoms with Crippen molar-refractivity contribution in [3.05, 3.63) is 41.7 Å². The van der Waals surface area contributed by atoms with Gasteiger partial charge >= 0.3 is 0 Å². The number of aromatic amines is 1. The Labute approximate surface area is 113 Å². The maximum atomic E-state index is 12.1. The highest BCUT2D eigenvalue weighted by molar-refractivity contribution is 7.13. The minimum Gasteiger partial charge on any atom is -0.331 e. The number of nitrogens with one attached hydrogen (secondary N) is 2. The zero-order valence-electron chi connectivity index (χ0n) is 10.1. The van der Waals surface area contributed by atoms with E-state index in [0.29, 0.717) is 11.6 Å². The number of thiophene rings is 1. The van der Waals surface area contributed by atoms with Crippen molar-refractivity contribution in [2.24, 2.45) is 7.05 Å². The Balaban J connectivity index is 1.87. The van der Waals surface area contributed by atoms with Crippen LogP contribution in [0.4, 0.5) is 5.95 Å². The topological polar surface area (TPSA) is 75.6 Å². The van der Waals surface area contributed by atoms with Crippen molar-refractivity contribution in [2.75, 3.05) is 5.32 Å². The summed E-state index contributed by atoms with van der Waals surface area (Å²) in [4.78, 5) is 19.9. The van der Waals surface area contributed by atoms with E-state index in [0.717, 1.165) is 10.6 Å². The van der Waals surface area contributed by atoms with Gasteiger partial charge in [-0.2, -0.15) is 5.10 Å². The van der Waals surface area contributed by atoms with Gasteiger partial charge in [-0.25, -0.2) is 4.98 Å². The molecule has 3 aromatic heterocycles. The minimum absolute atomic E-state index is 0.243. The summed E-state index contributed by atoms with van der Waals surface area (Å²) >= 11 is 1.59. The third-order valence-corrected chi connectivity index (χ3v) is 3.51. The molecule has 0 atom stereocenters. The summed E-state index contributed by atoms with van der Waals surface area (Å²) in [5, 5.41) is 8.99. The maximum Gasteiger partial charge on any atom is 0.276 e. The average Bonchev–Trinajstić information content (AvgIpc) is 3.07. The Kier molecular flexibility index (Phi) is 2.88. The highest BCUT2D eigenvalue weighted by atomic mass is 32.1. The molecule has 0 spiro atoms. The Bertz CT molecular complexity index is 684. The number of aryl methyl sites for hydroxylation is 1. The highest BCUT2D eigenvalue weighted by Crippen LogP contribution is 2.23. The van der Waals surface area contributed by atoms with Crippen LogP contribution in [0.2, 0.25) is 0 Å². The highest BCUT2D eigenvalue weighted by Gasteiger charge is 2.15.